The molecule has 0 unspecified atom stereocenters. The molecule has 0 saturated heterocycles. The van der Waals surface area contributed by atoms with Crippen molar-refractivity contribution in [1.82, 2.24) is 4.72 Å². The Morgan fingerprint density at radius 1 is 1.29 bits per heavy atom. The molecule has 0 saturated carbocycles. The van der Waals surface area contributed by atoms with Gasteiger partial charge in [0.25, 0.3) is 5.91 Å². The van der Waals surface area contributed by atoms with Crippen LogP contribution in [0.2, 0.25) is 0 Å². The fourth-order valence-corrected chi connectivity index (χ4v) is 2.62. The average molecular weight is 255 g/mol. The first-order valence-corrected chi connectivity index (χ1v) is 7.13. The van der Waals surface area contributed by atoms with Crippen molar-refractivity contribution < 1.29 is 13.2 Å². The van der Waals surface area contributed by atoms with Crippen molar-refractivity contribution in [2.45, 2.75) is 27.2 Å². The minimum atomic E-state index is -3.51. The fourth-order valence-electron chi connectivity index (χ4n) is 1.58. The normalized spacial score (nSPS) is 11.2. The lowest BCUT2D eigenvalue weighted by Gasteiger charge is -2.08. The Kier molecular flexibility index (Phi) is 4.28. The van der Waals surface area contributed by atoms with Gasteiger partial charge < -0.3 is 0 Å². The number of carbonyl (C=O) groups excluding carboxylic acids is 1. The van der Waals surface area contributed by atoms with E-state index in [0.29, 0.717) is 12.0 Å². The summed E-state index contributed by atoms with van der Waals surface area (Å²) in [5, 5.41) is 0. The second-order valence-electron chi connectivity index (χ2n) is 4.07. The van der Waals surface area contributed by atoms with Crippen LogP contribution in [0.5, 0.6) is 0 Å². The molecule has 0 aliphatic rings. The van der Waals surface area contributed by atoms with Gasteiger partial charge in [-0.3, -0.25) is 4.79 Å². The molecule has 0 atom stereocenters. The lowest BCUT2D eigenvalue weighted by atomic mass is 10.1. The van der Waals surface area contributed by atoms with Crippen LogP contribution in [-0.2, 0) is 10.0 Å². The molecule has 0 aliphatic carbocycles. The molecule has 1 aromatic rings. The predicted molar refractivity (Wildman–Crippen MR) is 67.5 cm³/mol. The lowest BCUT2D eigenvalue weighted by Crippen LogP contribution is -2.32. The van der Waals surface area contributed by atoms with Gasteiger partial charge in [0.2, 0.25) is 10.0 Å². The lowest BCUT2D eigenvalue weighted by molar-refractivity contribution is 0.0981. The van der Waals surface area contributed by atoms with Crippen LogP contribution in [0, 0.1) is 13.8 Å². The summed E-state index contributed by atoms with van der Waals surface area (Å²) in [5.74, 6) is -0.597. The Morgan fingerprint density at radius 3 is 2.47 bits per heavy atom. The Hall–Kier alpha value is -1.36. The molecule has 5 heteroatoms. The first-order chi connectivity index (χ1) is 7.85. The average Bonchev–Trinajstić information content (AvgIpc) is 2.15. The zero-order chi connectivity index (χ0) is 13.1. The van der Waals surface area contributed by atoms with Crippen molar-refractivity contribution in [2.24, 2.45) is 0 Å². The van der Waals surface area contributed by atoms with E-state index >= 15 is 0 Å². The van der Waals surface area contributed by atoms with E-state index in [2.05, 4.69) is 4.72 Å². The van der Waals surface area contributed by atoms with Gasteiger partial charge in [-0.15, -0.1) is 0 Å². The highest BCUT2D eigenvalue weighted by Crippen LogP contribution is 2.10. The molecular weight excluding hydrogens is 238 g/mol. The third-order valence-corrected chi connectivity index (χ3v) is 3.79. The fraction of sp³-hybridized carbons (Fsp3) is 0.417. The standard InChI is InChI=1S/C12H17NO3S/c1-4-7-17(15,16)13-12(14)11-6-5-9(2)8-10(11)3/h5-6,8H,4,7H2,1-3H3,(H,13,14). The van der Waals surface area contributed by atoms with Crippen molar-refractivity contribution in [2.75, 3.05) is 5.75 Å². The number of nitrogens with one attached hydrogen (secondary N) is 1. The van der Waals surface area contributed by atoms with Crippen LogP contribution in [0.15, 0.2) is 18.2 Å². The molecule has 17 heavy (non-hydrogen) atoms. The molecule has 1 rings (SSSR count). The molecule has 0 fully saturated rings. The highest BCUT2D eigenvalue weighted by Gasteiger charge is 2.16. The number of rotatable bonds is 4. The number of amides is 1. The number of hydrogen-bond acceptors (Lipinski definition) is 3. The van der Waals surface area contributed by atoms with Crippen molar-refractivity contribution in [3.63, 3.8) is 0 Å². The van der Waals surface area contributed by atoms with E-state index in [4.69, 9.17) is 0 Å². The van der Waals surface area contributed by atoms with Gasteiger partial charge in [-0.1, -0.05) is 24.6 Å². The molecule has 0 radical (unpaired) electrons. The minimum Gasteiger partial charge on any atom is -0.268 e. The quantitative estimate of drug-likeness (QED) is 0.892. The Bertz CT molecular complexity index is 521. The Balaban J connectivity index is 2.91. The topological polar surface area (TPSA) is 63.2 Å². The first kappa shape index (κ1) is 13.7. The number of hydrogen-bond donors (Lipinski definition) is 1. The number of sulfonamides is 1. The van der Waals surface area contributed by atoms with Crippen LogP contribution in [0.25, 0.3) is 0 Å². The smallest absolute Gasteiger partial charge is 0.264 e. The molecule has 1 aromatic carbocycles. The predicted octanol–water partition coefficient (Wildman–Crippen LogP) is 1.77. The summed E-state index contributed by atoms with van der Waals surface area (Å²) in [6.07, 6.45) is 0.482. The van der Waals surface area contributed by atoms with E-state index in [0.717, 1.165) is 11.1 Å². The molecular formula is C12H17NO3S. The molecule has 94 valence electrons. The largest absolute Gasteiger partial charge is 0.268 e. The zero-order valence-corrected chi connectivity index (χ0v) is 11.1. The van der Waals surface area contributed by atoms with Gasteiger partial charge >= 0.3 is 0 Å². The number of aryl methyl sites for hydroxylation is 2. The van der Waals surface area contributed by atoms with Crippen LogP contribution in [-0.4, -0.2) is 20.1 Å². The van der Waals surface area contributed by atoms with Gasteiger partial charge in [-0.25, -0.2) is 13.1 Å². The maximum Gasteiger partial charge on any atom is 0.264 e. The molecule has 1 amide bonds. The van der Waals surface area contributed by atoms with Gasteiger partial charge in [0, 0.05) is 5.56 Å². The van der Waals surface area contributed by atoms with E-state index in [-0.39, 0.29) is 5.75 Å². The Labute approximate surface area is 102 Å². The van der Waals surface area contributed by atoms with Gasteiger partial charge in [-0.05, 0) is 31.9 Å². The molecule has 1 N–H and O–H groups in total. The van der Waals surface area contributed by atoms with Crippen molar-refractivity contribution in [3.8, 4) is 0 Å². The summed E-state index contributed by atoms with van der Waals surface area (Å²) in [6, 6.07) is 5.27. The highest BCUT2D eigenvalue weighted by atomic mass is 32.2. The van der Waals surface area contributed by atoms with Crippen LogP contribution < -0.4 is 4.72 Å². The Morgan fingerprint density at radius 2 is 1.94 bits per heavy atom. The van der Waals surface area contributed by atoms with E-state index < -0.39 is 15.9 Å². The summed E-state index contributed by atoms with van der Waals surface area (Å²) in [4.78, 5) is 11.8. The van der Waals surface area contributed by atoms with Gasteiger partial charge in [0.1, 0.15) is 0 Å². The van der Waals surface area contributed by atoms with Crippen molar-refractivity contribution >= 4 is 15.9 Å². The molecule has 0 heterocycles. The third-order valence-electron chi connectivity index (χ3n) is 2.35. The number of benzene rings is 1. The van der Waals surface area contributed by atoms with E-state index in [1.54, 1.807) is 26.0 Å². The summed E-state index contributed by atoms with van der Waals surface area (Å²) >= 11 is 0. The second kappa shape index (κ2) is 5.31. The highest BCUT2D eigenvalue weighted by molar-refractivity contribution is 7.90. The summed E-state index contributed by atoms with van der Waals surface area (Å²) in [5.41, 5.74) is 2.21. The van der Waals surface area contributed by atoms with E-state index in [1.807, 2.05) is 13.0 Å². The maximum absolute atomic E-state index is 11.8. The SMILES string of the molecule is CCCS(=O)(=O)NC(=O)c1ccc(C)cc1C. The number of carbonyl (C=O) groups is 1. The summed E-state index contributed by atoms with van der Waals surface area (Å²) in [6.45, 7) is 5.46. The minimum absolute atomic E-state index is 0.0380. The maximum atomic E-state index is 11.8. The van der Waals surface area contributed by atoms with Crippen molar-refractivity contribution in [3.05, 3.63) is 34.9 Å². The monoisotopic (exact) mass is 255 g/mol. The van der Waals surface area contributed by atoms with Gasteiger partial charge in [0.05, 0.1) is 5.75 Å². The first-order valence-electron chi connectivity index (χ1n) is 5.48. The van der Waals surface area contributed by atoms with Crippen LogP contribution in [0.3, 0.4) is 0 Å². The second-order valence-corrected chi connectivity index (χ2v) is 5.91. The summed E-state index contributed by atoms with van der Waals surface area (Å²) < 4.78 is 25.0. The van der Waals surface area contributed by atoms with Crippen molar-refractivity contribution in [1.29, 1.82) is 0 Å². The molecule has 4 nitrogen and oxygen atoms in total. The van der Waals surface area contributed by atoms with E-state index in [9.17, 15) is 13.2 Å². The van der Waals surface area contributed by atoms with Gasteiger partial charge in [-0.2, -0.15) is 0 Å². The molecule has 0 spiro atoms. The molecule has 0 bridgehead atoms. The third kappa shape index (κ3) is 3.85. The molecule has 0 aliphatic heterocycles. The van der Waals surface area contributed by atoms with Crippen LogP contribution >= 0.6 is 0 Å². The van der Waals surface area contributed by atoms with Crippen LogP contribution in [0.4, 0.5) is 0 Å². The zero-order valence-electron chi connectivity index (χ0n) is 10.3. The van der Waals surface area contributed by atoms with E-state index in [1.165, 1.54) is 0 Å². The van der Waals surface area contributed by atoms with Gasteiger partial charge in [0.15, 0.2) is 0 Å². The summed E-state index contributed by atoms with van der Waals surface area (Å²) in [7, 11) is -3.51. The van der Waals surface area contributed by atoms with Crippen LogP contribution in [0.1, 0.15) is 34.8 Å². The molecule has 0 aromatic heterocycles.